The molecule has 2 rings (SSSR count). The van der Waals surface area contributed by atoms with E-state index in [0.29, 0.717) is 6.42 Å². The summed E-state index contributed by atoms with van der Waals surface area (Å²) in [5.41, 5.74) is 0. The van der Waals surface area contributed by atoms with E-state index in [9.17, 15) is 45.6 Å². The Hall–Kier alpha value is -1.79. The molecule has 0 spiro atoms. The molecule has 1 amide bonds. The number of unbranched alkanes of at least 4 members (excludes halogenated alkanes) is 31. The van der Waals surface area contributed by atoms with E-state index in [-0.39, 0.29) is 18.9 Å². The van der Waals surface area contributed by atoms with E-state index in [0.717, 1.165) is 51.4 Å². The molecule has 0 radical (unpaired) electrons. The number of amides is 1. The second-order valence-corrected chi connectivity index (χ2v) is 21.5. The molecule has 0 saturated carbocycles. The Morgan fingerprint density at radius 1 is 0.486 bits per heavy atom. The molecule has 2 aliphatic heterocycles. The van der Waals surface area contributed by atoms with E-state index in [1.807, 2.05) is 6.08 Å². The van der Waals surface area contributed by atoms with E-state index in [1.54, 1.807) is 6.08 Å². The van der Waals surface area contributed by atoms with Crippen LogP contribution in [0.2, 0.25) is 0 Å². The minimum atomic E-state index is -1.79. The monoisotopic (exact) mass is 1050 g/mol. The fourth-order valence-corrected chi connectivity index (χ4v) is 9.91. The molecule has 74 heavy (non-hydrogen) atoms. The molecule has 0 aromatic heterocycles. The molecule has 0 aromatic rings. The second kappa shape index (κ2) is 46.2. The number of allylic oxidation sites excluding steroid dienone is 5. The smallest absolute Gasteiger partial charge is 0.220 e. The highest BCUT2D eigenvalue weighted by molar-refractivity contribution is 5.76. The van der Waals surface area contributed by atoms with Crippen LogP contribution in [0.15, 0.2) is 36.5 Å². The summed E-state index contributed by atoms with van der Waals surface area (Å²) in [6, 6.07) is -0.917. The first-order chi connectivity index (χ1) is 36.1. The van der Waals surface area contributed by atoms with Crippen molar-refractivity contribution in [2.24, 2.45) is 0 Å². The molecule has 0 aliphatic carbocycles. The molecule has 14 heteroatoms. The van der Waals surface area contributed by atoms with Gasteiger partial charge in [0.05, 0.1) is 32.0 Å². The first-order valence-electron chi connectivity index (χ1n) is 30.2. The van der Waals surface area contributed by atoms with Crippen molar-refractivity contribution in [1.29, 1.82) is 0 Å². The fourth-order valence-electron chi connectivity index (χ4n) is 9.91. The summed E-state index contributed by atoms with van der Waals surface area (Å²) in [5, 5.41) is 87.1. The van der Waals surface area contributed by atoms with E-state index in [2.05, 4.69) is 43.5 Å². The highest BCUT2D eigenvalue weighted by Crippen LogP contribution is 2.30. The third-order valence-electron chi connectivity index (χ3n) is 14.8. The molecular weight excluding hydrogens is 943 g/mol. The van der Waals surface area contributed by atoms with E-state index in [1.165, 1.54) is 167 Å². The number of carbonyl (C=O) groups excluding carboxylic acids is 1. The van der Waals surface area contributed by atoms with Crippen molar-refractivity contribution in [2.75, 3.05) is 19.8 Å². The van der Waals surface area contributed by atoms with Crippen molar-refractivity contribution in [1.82, 2.24) is 5.32 Å². The van der Waals surface area contributed by atoms with Crippen LogP contribution in [0.4, 0.5) is 0 Å². The van der Waals surface area contributed by atoms with Gasteiger partial charge in [-0.25, -0.2) is 0 Å². The van der Waals surface area contributed by atoms with Gasteiger partial charge in [0.2, 0.25) is 5.91 Å². The van der Waals surface area contributed by atoms with Crippen LogP contribution < -0.4 is 5.32 Å². The Bertz CT molecular complexity index is 1380. The van der Waals surface area contributed by atoms with Crippen molar-refractivity contribution < 1.29 is 64.6 Å². The third-order valence-corrected chi connectivity index (χ3v) is 14.8. The molecular formula is C60H111NO13. The van der Waals surface area contributed by atoms with Gasteiger partial charge in [0.15, 0.2) is 12.6 Å². The molecule has 9 N–H and O–H groups in total. The van der Waals surface area contributed by atoms with Crippen molar-refractivity contribution in [3.8, 4) is 0 Å². The standard InChI is InChI=1S/C60H111NO13/c1-3-5-7-9-11-13-15-17-19-21-23-24-26-28-30-32-34-36-38-40-42-44-52(65)61-48(49(64)43-41-39-37-35-33-31-29-27-25-22-20-18-16-14-12-10-8-6-4-2)47-71-59-57(70)55(68)58(51(46-63)73-59)74-60-56(69)54(67)53(66)50(45-62)72-60/h15,17,21,23,41,43,48-51,53-60,62-64,66-70H,3-14,16,18-20,22,24-40,42,44-47H2,1-2H3,(H,61,65)/b17-15-,23-21-,43-41+. The van der Waals surface area contributed by atoms with Crippen molar-refractivity contribution in [2.45, 2.75) is 319 Å². The summed E-state index contributed by atoms with van der Waals surface area (Å²) in [7, 11) is 0. The molecule has 434 valence electrons. The van der Waals surface area contributed by atoms with Gasteiger partial charge < -0.3 is 65.1 Å². The second-order valence-electron chi connectivity index (χ2n) is 21.5. The van der Waals surface area contributed by atoms with Gasteiger partial charge in [0.25, 0.3) is 0 Å². The maximum absolute atomic E-state index is 13.3. The minimum Gasteiger partial charge on any atom is -0.394 e. The molecule has 0 aromatic carbocycles. The maximum atomic E-state index is 13.3. The van der Waals surface area contributed by atoms with Crippen LogP contribution in [0.25, 0.3) is 0 Å². The summed E-state index contributed by atoms with van der Waals surface area (Å²) < 4.78 is 22.8. The SMILES string of the molecule is CCCCCCC/C=C\C/C=C\CCCCCCCCCCCC(=O)NC(COC1OC(CO)C(OC2OC(CO)C(O)C(O)C2O)C(O)C1O)C(O)/C=C/CCCCCCCCCCCCCCCCCCC. The van der Waals surface area contributed by atoms with E-state index in [4.69, 9.17) is 18.9 Å². The summed E-state index contributed by atoms with van der Waals surface area (Å²) >= 11 is 0. The van der Waals surface area contributed by atoms with Gasteiger partial charge in [-0.15, -0.1) is 0 Å². The highest BCUT2D eigenvalue weighted by atomic mass is 16.7. The lowest BCUT2D eigenvalue weighted by atomic mass is 9.97. The Kier molecular flexibility index (Phi) is 42.6. The van der Waals surface area contributed by atoms with E-state index >= 15 is 0 Å². The Balaban J connectivity index is 1.77. The Morgan fingerprint density at radius 3 is 1.35 bits per heavy atom. The van der Waals surface area contributed by atoms with Gasteiger partial charge in [-0.1, -0.05) is 224 Å². The number of hydrogen-bond acceptors (Lipinski definition) is 13. The Morgan fingerprint density at radius 2 is 0.892 bits per heavy atom. The number of hydrogen-bond donors (Lipinski definition) is 9. The van der Waals surface area contributed by atoms with Gasteiger partial charge in [0.1, 0.15) is 48.8 Å². The number of aliphatic hydroxyl groups is 8. The predicted octanol–water partition coefficient (Wildman–Crippen LogP) is 10.2. The summed E-state index contributed by atoms with van der Waals surface area (Å²) in [6.07, 6.45) is 38.9. The number of nitrogens with one attached hydrogen (secondary N) is 1. The predicted molar refractivity (Wildman–Crippen MR) is 295 cm³/mol. The lowest BCUT2D eigenvalue weighted by Crippen LogP contribution is -2.65. The average Bonchev–Trinajstić information content (AvgIpc) is 3.40. The van der Waals surface area contributed by atoms with Gasteiger partial charge in [-0.3, -0.25) is 4.79 Å². The zero-order valence-electron chi connectivity index (χ0n) is 46.6. The van der Waals surface area contributed by atoms with Crippen LogP contribution in [0.1, 0.15) is 245 Å². The van der Waals surface area contributed by atoms with Gasteiger partial charge in [-0.2, -0.15) is 0 Å². The third kappa shape index (κ3) is 31.6. The first-order valence-corrected chi connectivity index (χ1v) is 30.2. The van der Waals surface area contributed by atoms with E-state index < -0.39 is 86.8 Å². The molecule has 12 unspecified atom stereocenters. The topological polar surface area (TPSA) is 228 Å². The van der Waals surface area contributed by atoms with Gasteiger partial charge >= 0.3 is 0 Å². The quantitative estimate of drug-likeness (QED) is 0.0204. The minimum absolute atomic E-state index is 0.242. The Labute approximate surface area is 449 Å². The normalized spacial score (nSPS) is 25.4. The molecule has 2 saturated heterocycles. The number of ether oxygens (including phenoxy) is 4. The molecule has 2 fully saturated rings. The van der Waals surface area contributed by atoms with Crippen LogP contribution in [0.3, 0.4) is 0 Å². The van der Waals surface area contributed by atoms with Crippen LogP contribution >= 0.6 is 0 Å². The van der Waals surface area contributed by atoms with Crippen molar-refractivity contribution in [3.63, 3.8) is 0 Å². The molecule has 12 atom stereocenters. The van der Waals surface area contributed by atoms with Crippen LogP contribution in [0, 0.1) is 0 Å². The molecule has 14 nitrogen and oxygen atoms in total. The fraction of sp³-hybridized carbons (Fsp3) is 0.883. The van der Waals surface area contributed by atoms with Gasteiger partial charge in [-0.05, 0) is 51.4 Å². The molecule has 2 heterocycles. The maximum Gasteiger partial charge on any atom is 0.220 e. The largest absolute Gasteiger partial charge is 0.394 e. The van der Waals surface area contributed by atoms with Crippen LogP contribution in [-0.4, -0.2) is 140 Å². The van der Waals surface area contributed by atoms with Crippen LogP contribution in [0.5, 0.6) is 0 Å². The number of carbonyl (C=O) groups is 1. The zero-order valence-corrected chi connectivity index (χ0v) is 46.6. The summed E-state index contributed by atoms with van der Waals surface area (Å²) in [6.45, 7) is 2.80. The lowest BCUT2D eigenvalue weighted by Gasteiger charge is -2.46. The number of aliphatic hydroxyl groups excluding tert-OH is 8. The lowest BCUT2D eigenvalue weighted by molar-refractivity contribution is -0.359. The number of rotatable bonds is 48. The molecule has 2 aliphatic rings. The summed E-state index contributed by atoms with van der Waals surface area (Å²) in [4.78, 5) is 13.3. The van der Waals surface area contributed by atoms with Crippen molar-refractivity contribution >= 4 is 5.91 Å². The summed E-state index contributed by atoms with van der Waals surface area (Å²) in [5.74, 6) is -0.242. The first kappa shape index (κ1) is 68.3. The van der Waals surface area contributed by atoms with Crippen molar-refractivity contribution in [3.05, 3.63) is 36.5 Å². The highest BCUT2D eigenvalue weighted by Gasteiger charge is 2.51. The zero-order chi connectivity index (χ0) is 53.9. The average molecular weight is 1050 g/mol. The van der Waals surface area contributed by atoms with Gasteiger partial charge in [0, 0.05) is 6.42 Å². The van der Waals surface area contributed by atoms with Crippen LogP contribution in [-0.2, 0) is 23.7 Å². The molecule has 0 bridgehead atoms.